The van der Waals surface area contributed by atoms with Crippen molar-refractivity contribution in [2.24, 2.45) is 0 Å². The SMILES string of the molecule is c1cncc(-c2nc(N3CCN(CC4CCCO4)CC3)c3ccccc3n2)c1. The zero-order valence-electron chi connectivity index (χ0n) is 16.0. The first-order valence-corrected chi connectivity index (χ1v) is 10.1. The summed E-state index contributed by atoms with van der Waals surface area (Å²) in [6.45, 7) is 6.01. The lowest BCUT2D eigenvalue weighted by Gasteiger charge is -2.36. The smallest absolute Gasteiger partial charge is 0.163 e. The Hall–Kier alpha value is -2.57. The molecule has 2 fully saturated rings. The van der Waals surface area contributed by atoms with Crippen LogP contribution in [0.1, 0.15) is 12.8 Å². The van der Waals surface area contributed by atoms with Crippen molar-refractivity contribution in [1.82, 2.24) is 19.9 Å². The van der Waals surface area contributed by atoms with Crippen LogP contribution in [0.4, 0.5) is 5.82 Å². The molecule has 0 spiro atoms. The lowest BCUT2D eigenvalue weighted by Crippen LogP contribution is -2.48. The number of para-hydroxylation sites is 1. The Kier molecular flexibility index (Phi) is 4.89. The average molecular weight is 375 g/mol. The molecule has 5 rings (SSSR count). The first-order chi connectivity index (χ1) is 13.9. The maximum absolute atomic E-state index is 5.81. The molecule has 2 aliphatic heterocycles. The van der Waals surface area contributed by atoms with E-state index in [1.165, 1.54) is 12.8 Å². The monoisotopic (exact) mass is 375 g/mol. The summed E-state index contributed by atoms with van der Waals surface area (Å²) in [5.41, 5.74) is 1.93. The van der Waals surface area contributed by atoms with E-state index in [9.17, 15) is 0 Å². The van der Waals surface area contributed by atoms with Gasteiger partial charge in [-0.05, 0) is 37.1 Å². The number of piperazine rings is 1. The molecular formula is C22H25N5O. The maximum atomic E-state index is 5.81. The minimum atomic E-state index is 0.420. The Morgan fingerprint density at radius 2 is 1.89 bits per heavy atom. The number of rotatable bonds is 4. The maximum Gasteiger partial charge on any atom is 0.163 e. The molecule has 1 atom stereocenters. The van der Waals surface area contributed by atoms with Gasteiger partial charge in [-0.25, -0.2) is 9.97 Å². The van der Waals surface area contributed by atoms with Gasteiger partial charge in [-0.2, -0.15) is 0 Å². The van der Waals surface area contributed by atoms with E-state index < -0.39 is 0 Å². The van der Waals surface area contributed by atoms with Crippen molar-refractivity contribution in [2.45, 2.75) is 18.9 Å². The summed E-state index contributed by atoms with van der Waals surface area (Å²) in [4.78, 5) is 18.9. The number of hydrogen-bond acceptors (Lipinski definition) is 6. The second-order valence-corrected chi connectivity index (χ2v) is 7.55. The molecule has 4 heterocycles. The van der Waals surface area contributed by atoms with E-state index in [2.05, 4.69) is 33.0 Å². The Balaban J connectivity index is 1.40. The highest BCUT2D eigenvalue weighted by Crippen LogP contribution is 2.28. The molecule has 1 aromatic carbocycles. The number of aromatic nitrogens is 3. The lowest BCUT2D eigenvalue weighted by molar-refractivity contribution is 0.0712. The van der Waals surface area contributed by atoms with Crippen LogP contribution in [0.3, 0.4) is 0 Å². The van der Waals surface area contributed by atoms with Gasteiger partial charge < -0.3 is 9.64 Å². The number of hydrogen-bond donors (Lipinski definition) is 0. The summed E-state index contributed by atoms with van der Waals surface area (Å²) in [5, 5.41) is 1.11. The highest BCUT2D eigenvalue weighted by atomic mass is 16.5. The molecule has 2 aliphatic rings. The molecule has 0 N–H and O–H groups in total. The molecule has 2 saturated heterocycles. The summed E-state index contributed by atoms with van der Waals surface area (Å²) in [6.07, 6.45) is 6.43. The number of ether oxygens (including phenoxy) is 1. The van der Waals surface area contributed by atoms with Crippen LogP contribution in [0.5, 0.6) is 0 Å². The quantitative estimate of drug-likeness (QED) is 0.699. The van der Waals surface area contributed by atoms with Crippen molar-refractivity contribution in [3.63, 3.8) is 0 Å². The van der Waals surface area contributed by atoms with Crippen molar-refractivity contribution >= 4 is 16.7 Å². The summed E-state index contributed by atoms with van der Waals surface area (Å²) in [7, 11) is 0. The highest BCUT2D eigenvalue weighted by Gasteiger charge is 2.24. The summed E-state index contributed by atoms with van der Waals surface area (Å²) >= 11 is 0. The highest BCUT2D eigenvalue weighted by molar-refractivity contribution is 5.91. The average Bonchev–Trinajstić information content (AvgIpc) is 3.27. The van der Waals surface area contributed by atoms with E-state index >= 15 is 0 Å². The largest absolute Gasteiger partial charge is 0.377 e. The number of nitrogens with zero attached hydrogens (tertiary/aromatic N) is 5. The predicted molar refractivity (Wildman–Crippen MR) is 110 cm³/mol. The fraction of sp³-hybridized carbons (Fsp3) is 0.409. The first-order valence-electron chi connectivity index (χ1n) is 10.1. The van der Waals surface area contributed by atoms with Crippen LogP contribution >= 0.6 is 0 Å². The van der Waals surface area contributed by atoms with Gasteiger partial charge >= 0.3 is 0 Å². The minimum absolute atomic E-state index is 0.420. The summed E-state index contributed by atoms with van der Waals surface area (Å²) in [5.74, 6) is 1.77. The zero-order chi connectivity index (χ0) is 18.8. The van der Waals surface area contributed by atoms with Crippen LogP contribution in [0.15, 0.2) is 48.8 Å². The molecule has 0 radical (unpaired) electrons. The van der Waals surface area contributed by atoms with Crippen LogP contribution in [0.2, 0.25) is 0 Å². The predicted octanol–water partition coefficient (Wildman–Crippen LogP) is 2.99. The molecule has 0 saturated carbocycles. The topological polar surface area (TPSA) is 54.4 Å². The van der Waals surface area contributed by atoms with E-state index in [1.54, 1.807) is 6.20 Å². The van der Waals surface area contributed by atoms with E-state index in [4.69, 9.17) is 14.7 Å². The molecule has 2 aromatic heterocycles. The normalized spacial score (nSPS) is 20.7. The summed E-state index contributed by atoms with van der Waals surface area (Å²) < 4.78 is 5.81. The van der Waals surface area contributed by atoms with Gasteiger partial charge in [-0.3, -0.25) is 9.88 Å². The van der Waals surface area contributed by atoms with Gasteiger partial charge in [0.25, 0.3) is 0 Å². The van der Waals surface area contributed by atoms with Crippen molar-refractivity contribution in [1.29, 1.82) is 0 Å². The Morgan fingerprint density at radius 3 is 2.68 bits per heavy atom. The molecule has 144 valence electrons. The van der Waals surface area contributed by atoms with Crippen molar-refractivity contribution in [3.8, 4) is 11.4 Å². The molecule has 6 nitrogen and oxygen atoms in total. The van der Waals surface area contributed by atoms with E-state index in [0.29, 0.717) is 6.10 Å². The Morgan fingerprint density at radius 1 is 1.00 bits per heavy atom. The molecular weight excluding hydrogens is 350 g/mol. The van der Waals surface area contributed by atoms with Crippen LogP contribution in [-0.2, 0) is 4.74 Å². The zero-order valence-corrected chi connectivity index (χ0v) is 16.0. The molecule has 0 bridgehead atoms. The van der Waals surface area contributed by atoms with Crippen molar-refractivity contribution < 1.29 is 4.74 Å². The van der Waals surface area contributed by atoms with Gasteiger partial charge in [0.1, 0.15) is 5.82 Å². The fourth-order valence-electron chi connectivity index (χ4n) is 4.14. The Labute approximate surface area is 165 Å². The van der Waals surface area contributed by atoms with E-state index in [-0.39, 0.29) is 0 Å². The first kappa shape index (κ1) is 17.5. The van der Waals surface area contributed by atoms with Gasteiger partial charge in [0.05, 0.1) is 11.6 Å². The van der Waals surface area contributed by atoms with Crippen LogP contribution in [0.25, 0.3) is 22.3 Å². The second kappa shape index (κ2) is 7.81. The van der Waals surface area contributed by atoms with E-state index in [0.717, 1.165) is 67.4 Å². The number of fused-ring (bicyclic) bond motifs is 1. The molecule has 3 aromatic rings. The molecule has 6 heteroatoms. The van der Waals surface area contributed by atoms with Crippen LogP contribution < -0.4 is 4.90 Å². The second-order valence-electron chi connectivity index (χ2n) is 7.55. The number of benzene rings is 1. The van der Waals surface area contributed by atoms with Crippen LogP contribution in [-0.4, -0.2) is 65.3 Å². The van der Waals surface area contributed by atoms with Gasteiger partial charge in [0.15, 0.2) is 5.82 Å². The van der Waals surface area contributed by atoms with Crippen molar-refractivity contribution in [2.75, 3.05) is 44.2 Å². The molecule has 0 amide bonds. The number of pyridine rings is 1. The van der Waals surface area contributed by atoms with Gasteiger partial charge in [0.2, 0.25) is 0 Å². The third-order valence-corrected chi connectivity index (χ3v) is 5.66. The Bertz CT molecular complexity index is 934. The summed E-state index contributed by atoms with van der Waals surface area (Å²) in [6, 6.07) is 12.2. The third-order valence-electron chi connectivity index (χ3n) is 5.66. The fourth-order valence-corrected chi connectivity index (χ4v) is 4.14. The number of anilines is 1. The van der Waals surface area contributed by atoms with Gasteiger partial charge in [-0.15, -0.1) is 0 Å². The van der Waals surface area contributed by atoms with Crippen molar-refractivity contribution in [3.05, 3.63) is 48.8 Å². The van der Waals surface area contributed by atoms with Gasteiger partial charge in [-0.1, -0.05) is 12.1 Å². The molecule has 0 aliphatic carbocycles. The molecule has 28 heavy (non-hydrogen) atoms. The van der Waals surface area contributed by atoms with E-state index in [1.807, 2.05) is 24.4 Å². The van der Waals surface area contributed by atoms with Gasteiger partial charge in [0, 0.05) is 62.7 Å². The standard InChI is InChI=1S/C22H25N5O/c1-2-8-20-19(7-1)22(25-21(24-20)17-5-3-9-23-15-17)27-12-10-26(11-13-27)16-18-6-4-14-28-18/h1-3,5,7-9,15,18H,4,6,10-14,16H2. The minimum Gasteiger partial charge on any atom is -0.377 e. The van der Waals surface area contributed by atoms with Crippen LogP contribution in [0, 0.1) is 0 Å². The third kappa shape index (κ3) is 3.57. The lowest BCUT2D eigenvalue weighted by atomic mass is 10.1. The molecule has 1 unspecified atom stereocenters.